The number of carboxylic acid groups (broad SMARTS) is 1. The highest BCUT2D eigenvalue weighted by Gasteiger charge is 2.32. The maximum Gasteiger partial charge on any atom is 0.353 e. The van der Waals surface area contributed by atoms with Gasteiger partial charge >= 0.3 is 5.97 Å². The molecule has 2 rings (SSSR count). The Morgan fingerprint density at radius 3 is 2.82 bits per heavy atom. The average Bonchev–Trinajstić information content (AvgIpc) is 2.92. The second kappa shape index (κ2) is 4.73. The van der Waals surface area contributed by atoms with Gasteiger partial charge < -0.3 is 15.3 Å². The quantitative estimate of drug-likeness (QED) is 0.733. The van der Waals surface area contributed by atoms with Gasteiger partial charge in [-0.3, -0.25) is 4.79 Å². The first-order chi connectivity index (χ1) is 8.06. The van der Waals surface area contributed by atoms with Crippen molar-refractivity contribution in [3.05, 3.63) is 0 Å². The Kier molecular flexibility index (Phi) is 3.31. The van der Waals surface area contributed by atoms with E-state index in [1.54, 1.807) is 0 Å². The van der Waals surface area contributed by atoms with E-state index in [9.17, 15) is 9.59 Å². The topological polar surface area (TPSA) is 88.0 Å². The first-order valence-corrected chi connectivity index (χ1v) is 5.82. The molecule has 94 valence electrons. The maximum atomic E-state index is 11.7. The summed E-state index contributed by atoms with van der Waals surface area (Å²) in [7, 11) is 0. The molecule has 1 aliphatic carbocycles. The van der Waals surface area contributed by atoms with E-state index in [2.05, 4.69) is 10.5 Å². The number of rotatable bonds is 5. The summed E-state index contributed by atoms with van der Waals surface area (Å²) in [6.07, 6.45) is 2.71. The molecule has 2 N–H and O–H groups in total. The smallest absolute Gasteiger partial charge is 0.353 e. The summed E-state index contributed by atoms with van der Waals surface area (Å²) in [5, 5.41) is 14.9. The van der Waals surface area contributed by atoms with Gasteiger partial charge in [-0.25, -0.2) is 4.79 Å². The van der Waals surface area contributed by atoms with Crippen molar-refractivity contribution in [2.75, 3.05) is 0 Å². The molecular formula is C11H16N2O4. The summed E-state index contributed by atoms with van der Waals surface area (Å²) in [6.45, 7) is 1.95. The molecule has 1 heterocycles. The Bertz CT molecular complexity index is 362. The lowest BCUT2D eigenvalue weighted by atomic mass is 10.1. The van der Waals surface area contributed by atoms with Crippen LogP contribution in [-0.2, 0) is 14.4 Å². The number of amides is 1. The highest BCUT2D eigenvalue weighted by molar-refractivity contribution is 6.36. The molecule has 1 amide bonds. The van der Waals surface area contributed by atoms with Crippen LogP contribution in [0, 0.1) is 5.92 Å². The van der Waals surface area contributed by atoms with Crippen molar-refractivity contribution in [3.63, 3.8) is 0 Å². The molecule has 1 aliphatic heterocycles. The van der Waals surface area contributed by atoms with E-state index in [0.29, 0.717) is 0 Å². The van der Waals surface area contributed by atoms with E-state index in [-0.39, 0.29) is 24.1 Å². The molecule has 0 spiro atoms. The highest BCUT2D eigenvalue weighted by atomic mass is 16.6. The molecule has 0 radical (unpaired) electrons. The van der Waals surface area contributed by atoms with Gasteiger partial charge in [0.1, 0.15) is 0 Å². The molecule has 0 aromatic carbocycles. The molecule has 6 heteroatoms. The van der Waals surface area contributed by atoms with Crippen LogP contribution in [0.4, 0.5) is 0 Å². The van der Waals surface area contributed by atoms with Crippen LogP contribution in [-0.4, -0.2) is 34.8 Å². The molecule has 1 saturated carbocycles. The molecule has 17 heavy (non-hydrogen) atoms. The zero-order valence-corrected chi connectivity index (χ0v) is 9.68. The first kappa shape index (κ1) is 11.9. The number of hydrogen-bond acceptors (Lipinski definition) is 4. The highest BCUT2D eigenvalue weighted by Crippen LogP contribution is 2.33. The number of hydrogen-bond donors (Lipinski definition) is 2. The van der Waals surface area contributed by atoms with Gasteiger partial charge in [-0.2, -0.15) is 0 Å². The number of carbonyl (C=O) groups is 2. The molecule has 0 saturated heterocycles. The summed E-state index contributed by atoms with van der Waals surface area (Å²) in [4.78, 5) is 27.1. The van der Waals surface area contributed by atoms with Crippen LogP contribution in [0.2, 0.25) is 0 Å². The lowest BCUT2D eigenvalue weighted by Gasteiger charge is -2.15. The summed E-state index contributed by atoms with van der Waals surface area (Å²) >= 11 is 0. The summed E-state index contributed by atoms with van der Waals surface area (Å²) in [6, 6.07) is 0.104. The van der Waals surface area contributed by atoms with Crippen molar-refractivity contribution in [2.45, 2.75) is 44.8 Å². The predicted octanol–water partition coefficient (Wildman–Crippen LogP) is 0.521. The number of nitrogens with zero attached hydrogens (tertiary/aromatic N) is 1. The van der Waals surface area contributed by atoms with Crippen LogP contribution < -0.4 is 5.32 Å². The minimum atomic E-state index is -1.13. The third kappa shape index (κ3) is 3.18. The van der Waals surface area contributed by atoms with Crippen LogP contribution in [0.25, 0.3) is 0 Å². The van der Waals surface area contributed by atoms with Gasteiger partial charge in [-0.05, 0) is 19.3 Å². The maximum absolute atomic E-state index is 11.7. The Balaban J connectivity index is 1.75. The van der Waals surface area contributed by atoms with E-state index in [0.717, 1.165) is 12.3 Å². The van der Waals surface area contributed by atoms with E-state index in [4.69, 9.17) is 9.94 Å². The van der Waals surface area contributed by atoms with Gasteiger partial charge in [-0.15, -0.1) is 0 Å². The summed E-state index contributed by atoms with van der Waals surface area (Å²) < 4.78 is 0. The molecule has 6 nitrogen and oxygen atoms in total. The van der Waals surface area contributed by atoms with Crippen LogP contribution in [0.1, 0.15) is 32.6 Å². The van der Waals surface area contributed by atoms with Gasteiger partial charge in [0.05, 0.1) is 0 Å². The molecule has 0 aromatic heterocycles. The second-order valence-corrected chi connectivity index (χ2v) is 4.73. The van der Waals surface area contributed by atoms with Gasteiger partial charge in [0.25, 0.3) is 5.91 Å². The molecular weight excluding hydrogens is 224 g/mol. The Labute approximate surface area is 99.0 Å². The van der Waals surface area contributed by atoms with Crippen molar-refractivity contribution in [3.8, 4) is 0 Å². The third-order valence-electron chi connectivity index (χ3n) is 2.98. The third-order valence-corrected chi connectivity index (χ3v) is 2.98. The molecule has 0 aromatic rings. The van der Waals surface area contributed by atoms with Gasteiger partial charge in [0, 0.05) is 12.5 Å². The fourth-order valence-corrected chi connectivity index (χ4v) is 1.89. The van der Waals surface area contributed by atoms with Crippen molar-refractivity contribution in [2.24, 2.45) is 11.1 Å². The Morgan fingerprint density at radius 1 is 1.59 bits per heavy atom. The number of aliphatic carboxylic acids is 1. The van der Waals surface area contributed by atoms with Crippen molar-refractivity contribution < 1.29 is 19.5 Å². The monoisotopic (exact) mass is 240 g/mol. The van der Waals surface area contributed by atoms with E-state index in [1.807, 2.05) is 6.92 Å². The lowest BCUT2D eigenvalue weighted by Crippen LogP contribution is -2.40. The molecule has 1 fully saturated rings. The standard InChI is InChI=1S/C11H16N2O4/c1-6(4-7-2-3-7)12-10(14)9-5-8(11(15)16)13-17-9/h6-7,9H,2-5H2,1H3,(H,12,14)(H,15,16). The van der Waals surface area contributed by atoms with E-state index >= 15 is 0 Å². The second-order valence-electron chi connectivity index (χ2n) is 4.73. The number of carboxylic acids is 1. The van der Waals surface area contributed by atoms with Crippen molar-refractivity contribution >= 4 is 17.6 Å². The van der Waals surface area contributed by atoms with Crippen LogP contribution in [0.5, 0.6) is 0 Å². The fourth-order valence-electron chi connectivity index (χ4n) is 1.89. The minimum absolute atomic E-state index is 0.0390. The number of oxime groups is 1. The molecule has 2 aliphatic rings. The Hall–Kier alpha value is -1.59. The minimum Gasteiger partial charge on any atom is -0.477 e. The summed E-state index contributed by atoms with van der Waals surface area (Å²) in [5.41, 5.74) is -0.0972. The first-order valence-electron chi connectivity index (χ1n) is 5.82. The fraction of sp³-hybridized carbons (Fsp3) is 0.727. The van der Waals surface area contributed by atoms with E-state index in [1.165, 1.54) is 12.8 Å². The van der Waals surface area contributed by atoms with Crippen LogP contribution in [0.3, 0.4) is 0 Å². The molecule has 2 unspecified atom stereocenters. The van der Waals surface area contributed by atoms with Gasteiger partial charge in [0.2, 0.25) is 6.10 Å². The largest absolute Gasteiger partial charge is 0.477 e. The molecule has 2 atom stereocenters. The predicted molar refractivity (Wildman–Crippen MR) is 59.5 cm³/mol. The number of carbonyl (C=O) groups excluding carboxylic acids is 1. The van der Waals surface area contributed by atoms with Gasteiger partial charge in [-0.1, -0.05) is 18.0 Å². The summed E-state index contributed by atoms with van der Waals surface area (Å²) in [5.74, 6) is -0.676. The lowest BCUT2D eigenvalue weighted by molar-refractivity contribution is -0.132. The zero-order valence-electron chi connectivity index (χ0n) is 9.68. The Morgan fingerprint density at radius 2 is 2.29 bits per heavy atom. The van der Waals surface area contributed by atoms with Crippen molar-refractivity contribution in [1.82, 2.24) is 5.32 Å². The normalized spacial score (nSPS) is 24.8. The zero-order chi connectivity index (χ0) is 12.4. The number of nitrogens with one attached hydrogen (secondary N) is 1. The average molecular weight is 240 g/mol. The SMILES string of the molecule is CC(CC1CC1)NC(=O)C1CC(C(=O)O)=NO1. The van der Waals surface area contributed by atoms with Crippen LogP contribution in [0.15, 0.2) is 5.16 Å². The van der Waals surface area contributed by atoms with Crippen LogP contribution >= 0.6 is 0 Å². The van der Waals surface area contributed by atoms with Crippen molar-refractivity contribution in [1.29, 1.82) is 0 Å². The van der Waals surface area contributed by atoms with Gasteiger partial charge in [0.15, 0.2) is 5.71 Å². The van der Waals surface area contributed by atoms with E-state index < -0.39 is 12.1 Å². The molecule has 0 bridgehead atoms.